The molecule has 3 unspecified atom stereocenters. The molecule has 2 aliphatic rings. The van der Waals surface area contributed by atoms with Crippen LogP contribution in [0, 0.1) is 5.92 Å². The summed E-state index contributed by atoms with van der Waals surface area (Å²) in [5.41, 5.74) is 1.81. The number of anilines is 1. The largest absolute Gasteiger partial charge is 0.465 e. The van der Waals surface area contributed by atoms with Crippen LogP contribution < -0.4 is 5.32 Å². The minimum atomic E-state index is -0.277. The quantitative estimate of drug-likeness (QED) is 0.624. The monoisotopic (exact) mass is 382 g/mol. The molecule has 1 aliphatic carbocycles. The molecule has 2 heterocycles. The average Bonchev–Trinajstić information content (AvgIpc) is 2.90. The minimum absolute atomic E-state index is 0.140. The maximum absolute atomic E-state index is 12.4. The van der Waals surface area contributed by atoms with E-state index >= 15 is 0 Å². The summed E-state index contributed by atoms with van der Waals surface area (Å²) in [5.74, 6) is 0.374. The van der Waals surface area contributed by atoms with Crippen molar-refractivity contribution in [1.29, 1.82) is 0 Å². The van der Waals surface area contributed by atoms with Crippen LogP contribution in [0.1, 0.15) is 48.0 Å². The Kier molecular flexibility index (Phi) is 5.65. The maximum Gasteiger partial charge on any atom is 0.341 e. The molecule has 0 saturated carbocycles. The van der Waals surface area contributed by atoms with Gasteiger partial charge in [-0.3, -0.25) is 0 Å². The Morgan fingerprint density at radius 3 is 2.64 bits per heavy atom. The fourth-order valence-electron chi connectivity index (χ4n) is 3.68. The van der Waals surface area contributed by atoms with Crippen LogP contribution >= 0.6 is 23.6 Å². The van der Waals surface area contributed by atoms with Crippen LogP contribution in [-0.2, 0) is 22.3 Å². The number of carbonyl (C=O) groups is 1. The van der Waals surface area contributed by atoms with E-state index in [9.17, 15) is 4.79 Å². The molecule has 1 aromatic rings. The Morgan fingerprint density at radius 1 is 1.32 bits per heavy atom. The van der Waals surface area contributed by atoms with Crippen molar-refractivity contribution in [3.63, 3.8) is 0 Å². The molecular weight excluding hydrogens is 356 g/mol. The first-order valence-corrected chi connectivity index (χ1v) is 10.1. The van der Waals surface area contributed by atoms with Crippen molar-refractivity contribution in [2.75, 3.05) is 25.5 Å². The van der Waals surface area contributed by atoms with E-state index in [1.54, 1.807) is 11.3 Å². The van der Waals surface area contributed by atoms with E-state index in [-0.39, 0.29) is 18.2 Å². The van der Waals surface area contributed by atoms with Gasteiger partial charge in [0.2, 0.25) is 0 Å². The fraction of sp³-hybridized carbons (Fsp3) is 0.667. The molecule has 25 heavy (non-hydrogen) atoms. The van der Waals surface area contributed by atoms with Crippen LogP contribution in [0.3, 0.4) is 0 Å². The number of carbonyl (C=O) groups excluding carboxylic acids is 1. The number of morpholine rings is 1. The molecule has 0 aromatic carbocycles. The van der Waals surface area contributed by atoms with E-state index in [1.807, 2.05) is 0 Å². The van der Waals surface area contributed by atoms with Crippen molar-refractivity contribution in [3.05, 3.63) is 16.0 Å². The standard InChI is InChI=1S/C18H26N2O3S2/c1-10-5-6-13-14(7-10)25-16(15(13)17(21)22-4)19-18(24)20-8-11(2)23-12(3)9-20/h10-12H,5-9H2,1-4H3,(H,19,24). The second kappa shape index (κ2) is 7.60. The molecule has 7 heteroatoms. The minimum Gasteiger partial charge on any atom is -0.465 e. The van der Waals surface area contributed by atoms with Crippen LogP contribution in [-0.4, -0.2) is 48.4 Å². The summed E-state index contributed by atoms with van der Waals surface area (Å²) in [4.78, 5) is 15.8. The number of nitrogens with one attached hydrogen (secondary N) is 1. The van der Waals surface area contributed by atoms with E-state index in [4.69, 9.17) is 21.7 Å². The highest BCUT2D eigenvalue weighted by Crippen LogP contribution is 2.40. The zero-order valence-electron chi connectivity index (χ0n) is 15.3. The number of nitrogens with zero attached hydrogens (tertiary/aromatic N) is 1. The molecule has 0 radical (unpaired) electrons. The summed E-state index contributed by atoms with van der Waals surface area (Å²) in [6.07, 6.45) is 3.33. The van der Waals surface area contributed by atoms with Gasteiger partial charge in [-0.05, 0) is 56.8 Å². The molecule has 3 rings (SSSR count). The number of hydrogen-bond donors (Lipinski definition) is 1. The Hall–Kier alpha value is -1.18. The van der Waals surface area contributed by atoms with Gasteiger partial charge >= 0.3 is 5.97 Å². The number of ether oxygens (including phenoxy) is 2. The van der Waals surface area contributed by atoms with Crippen molar-refractivity contribution >= 4 is 39.6 Å². The Labute approximate surface area is 158 Å². The highest BCUT2D eigenvalue weighted by molar-refractivity contribution is 7.80. The highest BCUT2D eigenvalue weighted by atomic mass is 32.1. The van der Waals surface area contributed by atoms with Crippen LogP contribution in [0.25, 0.3) is 0 Å². The summed E-state index contributed by atoms with van der Waals surface area (Å²) in [5, 5.41) is 4.80. The summed E-state index contributed by atoms with van der Waals surface area (Å²) in [6.45, 7) is 7.87. The normalized spacial score (nSPS) is 26.1. The number of methoxy groups -OCH3 is 1. The van der Waals surface area contributed by atoms with E-state index in [0.29, 0.717) is 16.6 Å². The molecule has 1 aromatic heterocycles. The van der Waals surface area contributed by atoms with Gasteiger partial charge in [-0.25, -0.2) is 4.79 Å². The lowest BCUT2D eigenvalue weighted by molar-refractivity contribution is -0.0473. The Morgan fingerprint density at radius 2 is 2.00 bits per heavy atom. The van der Waals surface area contributed by atoms with Crippen LogP contribution in [0.4, 0.5) is 5.00 Å². The molecule has 0 spiro atoms. The van der Waals surface area contributed by atoms with Gasteiger partial charge in [0, 0.05) is 18.0 Å². The number of fused-ring (bicyclic) bond motifs is 1. The molecule has 5 nitrogen and oxygen atoms in total. The molecule has 0 amide bonds. The van der Waals surface area contributed by atoms with Gasteiger partial charge in [-0.15, -0.1) is 11.3 Å². The predicted octanol–water partition coefficient (Wildman–Crippen LogP) is 3.47. The van der Waals surface area contributed by atoms with E-state index < -0.39 is 0 Å². The molecule has 1 fully saturated rings. The summed E-state index contributed by atoms with van der Waals surface area (Å²) < 4.78 is 10.8. The van der Waals surface area contributed by atoms with E-state index in [1.165, 1.54) is 12.0 Å². The van der Waals surface area contributed by atoms with Crippen molar-refractivity contribution in [1.82, 2.24) is 4.90 Å². The number of esters is 1. The van der Waals surface area contributed by atoms with Gasteiger partial charge in [0.05, 0.1) is 24.9 Å². The number of hydrogen-bond acceptors (Lipinski definition) is 5. The molecule has 3 atom stereocenters. The first kappa shape index (κ1) is 18.6. The summed E-state index contributed by atoms with van der Waals surface area (Å²) >= 11 is 7.27. The van der Waals surface area contributed by atoms with Crippen molar-refractivity contribution < 1.29 is 14.3 Å². The zero-order valence-corrected chi connectivity index (χ0v) is 16.9. The summed E-state index contributed by atoms with van der Waals surface area (Å²) in [7, 11) is 1.44. The first-order valence-electron chi connectivity index (χ1n) is 8.83. The molecule has 1 aliphatic heterocycles. The van der Waals surface area contributed by atoms with Crippen LogP contribution in [0.15, 0.2) is 0 Å². The predicted molar refractivity (Wildman–Crippen MR) is 105 cm³/mol. The summed E-state index contributed by atoms with van der Waals surface area (Å²) in [6, 6.07) is 0. The lowest BCUT2D eigenvalue weighted by atomic mass is 9.88. The number of thiocarbonyl (C=S) groups is 1. The Balaban J connectivity index is 1.84. The van der Waals surface area contributed by atoms with Gasteiger partial charge in [-0.2, -0.15) is 0 Å². The van der Waals surface area contributed by atoms with Crippen molar-refractivity contribution in [2.45, 2.75) is 52.2 Å². The third-order valence-corrected chi connectivity index (χ3v) is 6.36. The maximum atomic E-state index is 12.4. The Bertz CT molecular complexity index is 664. The zero-order chi connectivity index (χ0) is 18.1. The van der Waals surface area contributed by atoms with Gasteiger partial charge in [0.25, 0.3) is 0 Å². The topological polar surface area (TPSA) is 50.8 Å². The van der Waals surface area contributed by atoms with Crippen molar-refractivity contribution in [3.8, 4) is 0 Å². The second-order valence-corrected chi connectivity index (χ2v) is 8.63. The van der Waals surface area contributed by atoms with Gasteiger partial charge < -0.3 is 19.7 Å². The highest BCUT2D eigenvalue weighted by Gasteiger charge is 2.30. The molecule has 0 bridgehead atoms. The van der Waals surface area contributed by atoms with Crippen molar-refractivity contribution in [2.24, 2.45) is 5.92 Å². The van der Waals surface area contributed by atoms with Crippen LogP contribution in [0.5, 0.6) is 0 Å². The van der Waals surface area contributed by atoms with Gasteiger partial charge in [0.15, 0.2) is 5.11 Å². The molecule has 1 N–H and O–H groups in total. The second-order valence-electron chi connectivity index (χ2n) is 7.14. The van der Waals surface area contributed by atoms with E-state index in [2.05, 4.69) is 31.0 Å². The van der Waals surface area contributed by atoms with Gasteiger partial charge in [-0.1, -0.05) is 6.92 Å². The SMILES string of the molecule is COC(=O)c1c(NC(=S)N2CC(C)OC(C)C2)sc2c1CCC(C)C2. The number of rotatable bonds is 2. The third-order valence-electron chi connectivity index (χ3n) is 4.83. The molecular formula is C18H26N2O3S2. The fourth-order valence-corrected chi connectivity index (χ4v) is 5.39. The lowest BCUT2D eigenvalue weighted by Crippen LogP contribution is -2.49. The van der Waals surface area contributed by atoms with Gasteiger partial charge in [0.1, 0.15) is 5.00 Å². The number of thiophene rings is 1. The molecule has 1 saturated heterocycles. The van der Waals surface area contributed by atoms with E-state index in [0.717, 1.165) is 42.9 Å². The lowest BCUT2D eigenvalue weighted by Gasteiger charge is -2.36. The van der Waals surface area contributed by atoms with Crippen LogP contribution in [0.2, 0.25) is 0 Å². The molecule has 138 valence electrons. The smallest absolute Gasteiger partial charge is 0.341 e. The average molecular weight is 383 g/mol. The third kappa shape index (κ3) is 3.99. The first-order chi connectivity index (χ1) is 11.9.